The molecule has 3 aliphatic heterocycles. The zero-order chi connectivity index (χ0) is 22.9. The molecule has 0 unspecified atom stereocenters. The van der Waals surface area contributed by atoms with Gasteiger partial charge in [0.05, 0.1) is 11.3 Å². The normalized spacial score (nSPS) is 17.8. The lowest BCUT2D eigenvalue weighted by molar-refractivity contribution is -0.682. The lowest BCUT2D eigenvalue weighted by atomic mass is 9.99. The van der Waals surface area contributed by atoms with E-state index in [1.165, 1.54) is 43.9 Å². The van der Waals surface area contributed by atoms with Crippen molar-refractivity contribution >= 4 is 43.9 Å². The summed E-state index contributed by atoms with van der Waals surface area (Å²) in [6.07, 6.45) is 6.62. The minimum absolute atomic E-state index is 0. The van der Waals surface area contributed by atoms with Crippen LogP contribution >= 0.6 is 0 Å². The number of allylic oxidation sites excluding steroid dienone is 3. The quantitative estimate of drug-likeness (QED) is 0.220. The maximum absolute atomic E-state index is 6.50. The van der Waals surface area contributed by atoms with E-state index in [0.717, 1.165) is 61.9 Å². The Morgan fingerprint density at radius 1 is 0.806 bits per heavy atom. The molecule has 4 aromatic carbocycles. The van der Waals surface area contributed by atoms with Crippen LogP contribution in [0.4, 0.5) is 5.69 Å². The minimum Gasteiger partial charge on any atom is -1.00 e. The van der Waals surface area contributed by atoms with E-state index in [-0.39, 0.29) is 24.0 Å². The second-order valence-electron chi connectivity index (χ2n) is 9.85. The largest absolute Gasteiger partial charge is 1.00 e. The molecule has 5 heteroatoms. The molecular weight excluding hydrogens is 559 g/mol. The van der Waals surface area contributed by atoms with Gasteiger partial charge in [-0.2, -0.15) is 4.57 Å². The molecule has 178 valence electrons. The van der Waals surface area contributed by atoms with Crippen molar-refractivity contribution in [1.29, 1.82) is 0 Å². The van der Waals surface area contributed by atoms with E-state index in [1.807, 2.05) is 0 Å². The van der Waals surface area contributed by atoms with Crippen LogP contribution in [0.3, 0.4) is 0 Å². The summed E-state index contributed by atoms with van der Waals surface area (Å²) in [7, 11) is 0. The van der Waals surface area contributed by atoms with Crippen LogP contribution < -0.4 is 38.2 Å². The molecule has 5 aromatic rings. The molecule has 0 spiro atoms. The Hall–Kier alpha value is -3.32. The molecule has 0 saturated carbocycles. The number of hydrogen-bond donors (Lipinski definition) is 0. The Morgan fingerprint density at radius 2 is 1.53 bits per heavy atom. The average molecular weight is 584 g/mol. The second kappa shape index (κ2) is 8.37. The number of hydrogen-bond acceptors (Lipinski definition) is 3. The number of aromatic nitrogens is 1. The van der Waals surface area contributed by atoms with Gasteiger partial charge in [0.1, 0.15) is 0 Å². The van der Waals surface area contributed by atoms with E-state index in [9.17, 15) is 0 Å². The molecule has 3 aliphatic rings. The summed E-state index contributed by atoms with van der Waals surface area (Å²) in [6, 6.07) is 25.9. The molecular formula is C31H25IN2O2. The molecule has 8 rings (SSSR count). The number of aryl methyl sites for hydroxylation is 1. The van der Waals surface area contributed by atoms with Crippen molar-refractivity contribution in [2.75, 3.05) is 11.4 Å². The Kier molecular flexibility index (Phi) is 5.10. The number of fused-ring (bicyclic) bond motifs is 8. The van der Waals surface area contributed by atoms with Crippen LogP contribution in [0.2, 0.25) is 0 Å². The summed E-state index contributed by atoms with van der Waals surface area (Å²) in [5, 5.41) is 4.94. The van der Waals surface area contributed by atoms with E-state index in [4.69, 9.17) is 9.15 Å². The van der Waals surface area contributed by atoms with Crippen molar-refractivity contribution in [2.24, 2.45) is 0 Å². The fraction of sp³-hybridized carbons (Fsp3) is 0.194. The highest BCUT2D eigenvalue weighted by atomic mass is 127. The van der Waals surface area contributed by atoms with Gasteiger partial charge in [0.25, 0.3) is 5.52 Å². The van der Waals surface area contributed by atoms with Gasteiger partial charge in [0, 0.05) is 24.6 Å². The SMILES string of the molecule is C(=C1CCC[n+]2c1oc1cc3ccccc3cc12)C1=C2Oc3cc4ccccc4cc3N2CCC1.[I-]. The number of halogens is 1. The summed E-state index contributed by atoms with van der Waals surface area (Å²) < 4.78 is 15.4. The van der Waals surface area contributed by atoms with Crippen molar-refractivity contribution in [3.63, 3.8) is 0 Å². The van der Waals surface area contributed by atoms with Crippen LogP contribution in [0.5, 0.6) is 5.75 Å². The standard InChI is InChI=1S/C31H25N2O2.HI/c1-3-9-22-18-28-26(16-20(22)7-1)32-13-5-11-24(30(32)34-28)15-25-12-6-14-33-27-17-21-8-2-4-10-23(21)19-29(27)35-31(25)33;/h1-4,7-10,15-19H,5-6,11-14H2;1H/q+1;/p-1. The Morgan fingerprint density at radius 3 is 2.33 bits per heavy atom. The molecule has 1 aromatic heterocycles. The molecule has 0 aliphatic carbocycles. The number of benzene rings is 4. The van der Waals surface area contributed by atoms with Crippen LogP contribution in [0, 0.1) is 0 Å². The molecule has 0 amide bonds. The van der Waals surface area contributed by atoms with E-state index >= 15 is 0 Å². The van der Waals surface area contributed by atoms with Gasteiger partial charge in [0.2, 0.25) is 11.5 Å². The van der Waals surface area contributed by atoms with Crippen molar-refractivity contribution in [2.45, 2.75) is 32.2 Å². The highest BCUT2D eigenvalue weighted by Crippen LogP contribution is 2.45. The minimum atomic E-state index is 0. The molecule has 4 nitrogen and oxygen atoms in total. The van der Waals surface area contributed by atoms with Gasteiger partial charge < -0.3 is 38.0 Å². The molecule has 0 bridgehead atoms. The van der Waals surface area contributed by atoms with Gasteiger partial charge in [-0.05, 0) is 65.1 Å². The van der Waals surface area contributed by atoms with Gasteiger partial charge in [-0.15, -0.1) is 0 Å². The zero-order valence-corrected chi connectivity index (χ0v) is 22.0. The third kappa shape index (κ3) is 3.29. The highest BCUT2D eigenvalue weighted by molar-refractivity contribution is 5.93. The van der Waals surface area contributed by atoms with Crippen LogP contribution in [-0.4, -0.2) is 6.54 Å². The number of ether oxygens (including phenoxy) is 1. The van der Waals surface area contributed by atoms with Crippen LogP contribution in [0.25, 0.3) is 38.2 Å². The third-order valence-corrected chi connectivity index (χ3v) is 7.69. The molecule has 0 fully saturated rings. The van der Waals surface area contributed by atoms with Gasteiger partial charge in [-0.25, -0.2) is 0 Å². The topological polar surface area (TPSA) is 29.5 Å². The summed E-state index contributed by atoms with van der Waals surface area (Å²) in [6.45, 7) is 1.98. The van der Waals surface area contributed by atoms with Crippen LogP contribution in [0.15, 0.2) is 94.7 Å². The fourth-order valence-electron chi connectivity index (χ4n) is 6.01. The number of anilines is 1. The third-order valence-electron chi connectivity index (χ3n) is 7.69. The smallest absolute Gasteiger partial charge is 0.377 e. The van der Waals surface area contributed by atoms with Gasteiger partial charge in [0.15, 0.2) is 12.3 Å². The fourth-order valence-corrected chi connectivity index (χ4v) is 6.01. The first kappa shape index (κ1) is 21.9. The first-order valence-corrected chi connectivity index (χ1v) is 12.6. The van der Waals surface area contributed by atoms with Crippen LogP contribution in [-0.2, 0) is 6.54 Å². The van der Waals surface area contributed by atoms with E-state index < -0.39 is 0 Å². The van der Waals surface area contributed by atoms with Gasteiger partial charge >= 0.3 is 5.89 Å². The summed E-state index contributed by atoms with van der Waals surface area (Å²) in [5.74, 6) is 2.95. The molecule has 36 heavy (non-hydrogen) atoms. The first-order chi connectivity index (χ1) is 17.3. The maximum Gasteiger partial charge on any atom is 0.377 e. The van der Waals surface area contributed by atoms with Crippen LogP contribution in [0.1, 0.15) is 31.6 Å². The van der Waals surface area contributed by atoms with Crippen molar-refractivity contribution in [1.82, 2.24) is 0 Å². The maximum atomic E-state index is 6.50. The molecule has 0 N–H and O–H groups in total. The van der Waals surface area contributed by atoms with Crippen molar-refractivity contribution in [3.8, 4) is 5.75 Å². The first-order valence-electron chi connectivity index (χ1n) is 12.6. The monoisotopic (exact) mass is 584 g/mol. The van der Waals surface area contributed by atoms with Gasteiger partial charge in [-0.1, -0.05) is 48.5 Å². The molecule has 0 atom stereocenters. The average Bonchev–Trinajstić information content (AvgIpc) is 3.45. The molecule has 0 radical (unpaired) electrons. The summed E-state index contributed by atoms with van der Waals surface area (Å²) >= 11 is 0. The lowest BCUT2D eigenvalue weighted by Gasteiger charge is -2.25. The summed E-state index contributed by atoms with van der Waals surface area (Å²) in [5.41, 5.74) is 5.87. The predicted octanol–water partition coefficient (Wildman–Crippen LogP) is 4.11. The Labute approximate surface area is 226 Å². The summed E-state index contributed by atoms with van der Waals surface area (Å²) in [4.78, 5) is 2.36. The van der Waals surface area contributed by atoms with Crippen molar-refractivity contribution < 1.29 is 37.7 Å². The Bertz CT molecular complexity index is 1750. The lowest BCUT2D eigenvalue weighted by Crippen LogP contribution is -3.00. The number of rotatable bonds is 1. The predicted molar refractivity (Wildman–Crippen MR) is 139 cm³/mol. The molecule has 0 saturated heterocycles. The van der Waals surface area contributed by atoms with E-state index in [0.29, 0.717) is 0 Å². The zero-order valence-electron chi connectivity index (χ0n) is 19.8. The molecule has 4 heterocycles. The number of nitrogens with zero attached hydrogens (tertiary/aromatic N) is 2. The highest BCUT2D eigenvalue weighted by Gasteiger charge is 2.34. The second-order valence-corrected chi connectivity index (χ2v) is 9.85. The van der Waals surface area contributed by atoms with E-state index in [1.54, 1.807) is 0 Å². The number of oxazole rings is 1. The van der Waals surface area contributed by atoms with E-state index in [2.05, 4.69) is 88.3 Å². The Balaban J connectivity index is 0.00000220. The van der Waals surface area contributed by atoms with Crippen molar-refractivity contribution in [3.05, 3.63) is 96.2 Å². The van der Waals surface area contributed by atoms with Gasteiger partial charge in [-0.3, -0.25) is 0 Å².